The number of likely N-dealkylation sites (tertiary alicyclic amines) is 1. The molecule has 1 aliphatic rings. The fourth-order valence-electron chi connectivity index (χ4n) is 3.95. The van der Waals surface area contributed by atoms with Gasteiger partial charge in [0.05, 0.1) is 16.1 Å². The molecule has 0 radical (unpaired) electrons. The molecule has 0 spiro atoms. The number of para-hydroxylation sites is 1. The number of hydrogen-bond acceptors (Lipinski definition) is 5. The fourth-order valence-corrected chi connectivity index (χ4v) is 4.20. The third-order valence-corrected chi connectivity index (χ3v) is 5.93. The van der Waals surface area contributed by atoms with Crippen LogP contribution in [0.2, 0.25) is 5.02 Å². The van der Waals surface area contributed by atoms with Crippen molar-refractivity contribution in [2.45, 2.75) is 25.7 Å². The highest BCUT2D eigenvalue weighted by atomic mass is 35.5. The standard InChI is InChI=1S/C23H21ClF3N5O3/c1-14-13-31(22(34)15-11-17(24)20(28-12-15)32-9-4-8-29-32)10-7-18(14)30-21(33)16-5-2-3-6-19(16)35-23(25,26)27/h2-6,8-9,11-12,14,18H,7,10,13H2,1H3,(H,30,33)/t14-,18+/m0/s1. The number of piperidine rings is 1. The summed E-state index contributed by atoms with van der Waals surface area (Å²) in [6.45, 7) is 2.53. The van der Waals surface area contributed by atoms with Crippen LogP contribution >= 0.6 is 11.6 Å². The van der Waals surface area contributed by atoms with Gasteiger partial charge in [-0.1, -0.05) is 30.7 Å². The normalized spacial score (nSPS) is 18.3. The van der Waals surface area contributed by atoms with E-state index in [1.54, 1.807) is 23.4 Å². The van der Waals surface area contributed by atoms with Crippen LogP contribution in [0.4, 0.5) is 13.2 Å². The number of benzene rings is 1. The van der Waals surface area contributed by atoms with Crippen LogP contribution in [0.3, 0.4) is 0 Å². The van der Waals surface area contributed by atoms with Crippen LogP contribution in [-0.4, -0.2) is 57.0 Å². The highest BCUT2D eigenvalue weighted by Gasteiger charge is 2.34. The summed E-state index contributed by atoms with van der Waals surface area (Å²) in [6.07, 6.45) is 0.214. The SMILES string of the molecule is C[C@H]1CN(C(=O)c2cnc(-n3cccn3)c(Cl)c2)CC[C@H]1NC(=O)c1ccccc1OC(F)(F)F. The smallest absolute Gasteiger partial charge is 0.405 e. The zero-order valence-corrected chi connectivity index (χ0v) is 19.3. The molecule has 3 aromatic rings. The number of aromatic nitrogens is 3. The quantitative estimate of drug-likeness (QED) is 0.561. The van der Waals surface area contributed by atoms with Crippen LogP contribution in [0.25, 0.3) is 5.82 Å². The summed E-state index contributed by atoms with van der Waals surface area (Å²) in [5.41, 5.74) is 0.104. The van der Waals surface area contributed by atoms with Crippen molar-refractivity contribution in [1.82, 2.24) is 25.0 Å². The molecule has 3 heterocycles. The molecule has 2 aromatic heterocycles. The van der Waals surface area contributed by atoms with Crippen molar-refractivity contribution in [2.75, 3.05) is 13.1 Å². The Bertz CT molecular complexity index is 1220. The first-order chi connectivity index (χ1) is 16.6. The van der Waals surface area contributed by atoms with Crippen molar-refractivity contribution < 1.29 is 27.5 Å². The molecule has 35 heavy (non-hydrogen) atoms. The molecule has 2 atom stereocenters. The molecule has 4 rings (SSSR count). The van der Waals surface area contributed by atoms with Crippen molar-refractivity contribution in [3.63, 3.8) is 0 Å². The lowest BCUT2D eigenvalue weighted by molar-refractivity contribution is -0.274. The zero-order valence-electron chi connectivity index (χ0n) is 18.5. The van der Waals surface area contributed by atoms with Crippen molar-refractivity contribution in [1.29, 1.82) is 0 Å². The van der Waals surface area contributed by atoms with Crippen LogP contribution in [0.1, 0.15) is 34.1 Å². The van der Waals surface area contributed by atoms with Crippen LogP contribution in [0.15, 0.2) is 55.0 Å². The predicted octanol–water partition coefficient (Wildman–Crippen LogP) is 4.10. The number of hydrogen-bond donors (Lipinski definition) is 1. The summed E-state index contributed by atoms with van der Waals surface area (Å²) in [7, 11) is 0. The lowest BCUT2D eigenvalue weighted by atomic mass is 9.93. The Morgan fingerprint density at radius 3 is 2.66 bits per heavy atom. The number of amides is 2. The first-order valence-electron chi connectivity index (χ1n) is 10.7. The van der Waals surface area contributed by atoms with Gasteiger partial charge in [0, 0.05) is 37.7 Å². The zero-order chi connectivity index (χ0) is 25.2. The third kappa shape index (κ3) is 5.73. The van der Waals surface area contributed by atoms with Crippen molar-refractivity contribution in [3.05, 3.63) is 71.1 Å². The van der Waals surface area contributed by atoms with Gasteiger partial charge in [-0.25, -0.2) is 9.67 Å². The van der Waals surface area contributed by atoms with E-state index in [-0.39, 0.29) is 28.5 Å². The Kier molecular flexibility index (Phi) is 6.97. The summed E-state index contributed by atoms with van der Waals surface area (Å²) in [5, 5.41) is 7.12. The molecule has 8 nitrogen and oxygen atoms in total. The number of ether oxygens (including phenoxy) is 1. The number of nitrogens with one attached hydrogen (secondary N) is 1. The summed E-state index contributed by atoms with van der Waals surface area (Å²) in [5.74, 6) is -1.25. The maximum atomic E-state index is 13.0. The average Bonchev–Trinajstić information content (AvgIpc) is 3.33. The second-order valence-corrected chi connectivity index (χ2v) is 8.53. The lowest BCUT2D eigenvalue weighted by Gasteiger charge is -2.37. The van der Waals surface area contributed by atoms with E-state index in [1.165, 1.54) is 35.1 Å². The van der Waals surface area contributed by atoms with Gasteiger partial charge in [0.15, 0.2) is 5.82 Å². The number of carbonyl (C=O) groups excluding carboxylic acids is 2. The van der Waals surface area contributed by atoms with Crippen LogP contribution in [-0.2, 0) is 0 Å². The van der Waals surface area contributed by atoms with E-state index in [9.17, 15) is 22.8 Å². The molecule has 0 aliphatic carbocycles. The van der Waals surface area contributed by atoms with Crippen LogP contribution in [0, 0.1) is 5.92 Å². The van der Waals surface area contributed by atoms with E-state index in [2.05, 4.69) is 20.1 Å². The Labute approximate surface area is 203 Å². The fraction of sp³-hybridized carbons (Fsp3) is 0.304. The van der Waals surface area contributed by atoms with Gasteiger partial charge in [0.25, 0.3) is 11.8 Å². The molecule has 0 bridgehead atoms. The molecule has 0 unspecified atom stereocenters. The molecule has 12 heteroatoms. The summed E-state index contributed by atoms with van der Waals surface area (Å²) < 4.78 is 43.5. The highest BCUT2D eigenvalue weighted by Crippen LogP contribution is 2.27. The minimum absolute atomic E-state index is 0.154. The molecule has 2 amide bonds. The van der Waals surface area contributed by atoms with Gasteiger partial charge in [-0.15, -0.1) is 13.2 Å². The number of nitrogens with zero attached hydrogens (tertiary/aromatic N) is 4. The monoisotopic (exact) mass is 507 g/mol. The molecule has 1 fully saturated rings. The van der Waals surface area contributed by atoms with Gasteiger partial charge in [0.1, 0.15) is 5.75 Å². The van der Waals surface area contributed by atoms with Gasteiger partial charge in [-0.05, 0) is 36.6 Å². The van der Waals surface area contributed by atoms with Crippen molar-refractivity contribution in [2.24, 2.45) is 5.92 Å². The van der Waals surface area contributed by atoms with Gasteiger partial charge in [-0.2, -0.15) is 5.10 Å². The molecule has 1 aliphatic heterocycles. The summed E-state index contributed by atoms with van der Waals surface area (Å²) >= 11 is 6.30. The molecule has 184 valence electrons. The molecule has 1 N–H and O–H groups in total. The highest BCUT2D eigenvalue weighted by molar-refractivity contribution is 6.32. The van der Waals surface area contributed by atoms with Crippen LogP contribution in [0.5, 0.6) is 5.75 Å². The number of pyridine rings is 1. The minimum atomic E-state index is -4.91. The van der Waals surface area contributed by atoms with E-state index in [0.29, 0.717) is 30.9 Å². The van der Waals surface area contributed by atoms with Crippen molar-refractivity contribution >= 4 is 23.4 Å². The summed E-state index contributed by atoms with van der Waals surface area (Å²) in [6, 6.07) is 8.09. The van der Waals surface area contributed by atoms with Gasteiger partial charge >= 0.3 is 6.36 Å². The second kappa shape index (κ2) is 9.95. The minimum Gasteiger partial charge on any atom is -0.405 e. The third-order valence-electron chi connectivity index (χ3n) is 5.66. The molecule has 1 aromatic carbocycles. The maximum Gasteiger partial charge on any atom is 0.573 e. The average molecular weight is 508 g/mol. The lowest BCUT2D eigenvalue weighted by Crippen LogP contribution is -2.51. The Morgan fingerprint density at radius 2 is 2.00 bits per heavy atom. The Morgan fingerprint density at radius 1 is 1.23 bits per heavy atom. The van der Waals surface area contributed by atoms with E-state index < -0.39 is 18.0 Å². The van der Waals surface area contributed by atoms with E-state index in [0.717, 1.165) is 6.07 Å². The molecular formula is C23H21ClF3N5O3. The second-order valence-electron chi connectivity index (χ2n) is 8.12. The largest absolute Gasteiger partial charge is 0.573 e. The van der Waals surface area contributed by atoms with Crippen LogP contribution < -0.4 is 10.1 Å². The first-order valence-corrected chi connectivity index (χ1v) is 11.1. The van der Waals surface area contributed by atoms with Gasteiger partial charge in [-0.3, -0.25) is 9.59 Å². The topological polar surface area (TPSA) is 89.4 Å². The maximum absolute atomic E-state index is 13.0. The molecular weight excluding hydrogens is 487 g/mol. The van der Waals surface area contributed by atoms with E-state index in [1.807, 2.05) is 6.92 Å². The number of carbonyl (C=O) groups is 2. The summed E-state index contributed by atoms with van der Waals surface area (Å²) in [4.78, 5) is 31.6. The molecule has 0 saturated carbocycles. The first kappa shape index (κ1) is 24.5. The number of halogens is 4. The van der Waals surface area contributed by atoms with Gasteiger partial charge in [0.2, 0.25) is 0 Å². The van der Waals surface area contributed by atoms with Gasteiger partial charge < -0.3 is 15.0 Å². The Balaban J connectivity index is 1.40. The predicted molar refractivity (Wildman–Crippen MR) is 120 cm³/mol. The van der Waals surface area contributed by atoms with Crippen molar-refractivity contribution in [3.8, 4) is 11.6 Å². The van der Waals surface area contributed by atoms with E-state index in [4.69, 9.17) is 11.6 Å². The van der Waals surface area contributed by atoms with E-state index >= 15 is 0 Å². The Hall–Kier alpha value is -3.60. The number of rotatable bonds is 5. The number of alkyl halides is 3. The molecule has 1 saturated heterocycles.